The molecule has 0 aliphatic rings. The van der Waals surface area contributed by atoms with Crippen LogP contribution >= 0.6 is 11.8 Å². The van der Waals surface area contributed by atoms with Crippen molar-refractivity contribution in [2.75, 3.05) is 19.0 Å². The van der Waals surface area contributed by atoms with E-state index in [0.717, 1.165) is 23.9 Å². The van der Waals surface area contributed by atoms with Gasteiger partial charge < -0.3 is 9.47 Å². The fourth-order valence-electron chi connectivity index (χ4n) is 1.51. The summed E-state index contributed by atoms with van der Waals surface area (Å²) in [4.78, 5) is 33.0. The third kappa shape index (κ3) is 4.69. The quantitative estimate of drug-likeness (QED) is 0.328. The number of nitro benzene ring substituents is 1. The second kappa shape index (κ2) is 8.32. The predicted molar refractivity (Wildman–Crippen MR) is 76.4 cm³/mol. The average molecular weight is 331 g/mol. The van der Waals surface area contributed by atoms with Crippen molar-refractivity contribution in [2.45, 2.75) is 18.7 Å². The van der Waals surface area contributed by atoms with Crippen molar-refractivity contribution < 1.29 is 28.4 Å². The molecule has 0 fully saturated rings. The van der Waals surface area contributed by atoms with E-state index in [4.69, 9.17) is 4.74 Å². The van der Waals surface area contributed by atoms with E-state index in [1.165, 1.54) is 6.92 Å². The monoisotopic (exact) mass is 331 g/mol. The van der Waals surface area contributed by atoms with E-state index in [1.54, 1.807) is 6.92 Å². The second-order valence-electron chi connectivity index (χ2n) is 3.87. The first-order chi connectivity index (χ1) is 10.4. The summed E-state index contributed by atoms with van der Waals surface area (Å²) in [6.45, 7) is 3.36. The first-order valence-electron chi connectivity index (χ1n) is 6.34. The topological polar surface area (TPSA) is 95.7 Å². The molecule has 0 aliphatic carbocycles. The number of hydrogen-bond donors (Lipinski definition) is 0. The standard InChI is InChI=1S/C13H14FNO6S/c1-3-20-12(16)7-22-11-6-9(14)8(13(17)21-4-2)5-10(11)15(18)19/h5-6H,3-4,7H2,1-2H3. The van der Waals surface area contributed by atoms with Crippen LogP contribution in [0.3, 0.4) is 0 Å². The number of carbonyl (C=O) groups is 2. The molecule has 0 spiro atoms. The first-order valence-corrected chi connectivity index (χ1v) is 7.32. The maximum Gasteiger partial charge on any atom is 0.341 e. The van der Waals surface area contributed by atoms with Crippen LogP contribution in [-0.4, -0.2) is 35.8 Å². The molecule has 0 atom stereocenters. The molecule has 22 heavy (non-hydrogen) atoms. The van der Waals surface area contributed by atoms with Crippen molar-refractivity contribution in [3.05, 3.63) is 33.6 Å². The summed E-state index contributed by atoms with van der Waals surface area (Å²) >= 11 is 0.763. The minimum atomic E-state index is -0.981. The maximum absolute atomic E-state index is 13.9. The third-order valence-electron chi connectivity index (χ3n) is 2.39. The zero-order valence-corrected chi connectivity index (χ0v) is 12.8. The Morgan fingerprint density at radius 2 is 1.91 bits per heavy atom. The van der Waals surface area contributed by atoms with Gasteiger partial charge in [0.2, 0.25) is 0 Å². The molecule has 0 aliphatic heterocycles. The Labute approximate surface area is 129 Å². The minimum Gasteiger partial charge on any atom is -0.465 e. The molecule has 0 heterocycles. The fraction of sp³-hybridized carbons (Fsp3) is 0.385. The number of esters is 2. The highest BCUT2D eigenvalue weighted by Gasteiger charge is 2.23. The molecule has 0 N–H and O–H groups in total. The van der Waals surface area contributed by atoms with Crippen molar-refractivity contribution in [3.63, 3.8) is 0 Å². The summed E-state index contributed by atoms with van der Waals surface area (Å²) in [5.74, 6) is -2.70. The number of thioether (sulfide) groups is 1. The van der Waals surface area contributed by atoms with Crippen molar-refractivity contribution >= 4 is 29.4 Å². The van der Waals surface area contributed by atoms with Gasteiger partial charge in [0, 0.05) is 6.07 Å². The van der Waals surface area contributed by atoms with Gasteiger partial charge in [0.05, 0.1) is 28.8 Å². The highest BCUT2D eigenvalue weighted by Crippen LogP contribution is 2.32. The van der Waals surface area contributed by atoms with Gasteiger partial charge in [-0.25, -0.2) is 9.18 Å². The molecule has 7 nitrogen and oxygen atoms in total. The Hall–Kier alpha value is -2.16. The SMILES string of the molecule is CCOC(=O)CSc1cc(F)c(C(=O)OCC)cc1[N+](=O)[O-]. The van der Waals surface area contributed by atoms with Gasteiger partial charge in [0.1, 0.15) is 11.4 Å². The van der Waals surface area contributed by atoms with Gasteiger partial charge >= 0.3 is 11.9 Å². The summed E-state index contributed by atoms with van der Waals surface area (Å²) in [6.07, 6.45) is 0. The normalized spacial score (nSPS) is 10.1. The van der Waals surface area contributed by atoms with Crippen LogP contribution in [0.5, 0.6) is 0 Å². The van der Waals surface area contributed by atoms with Crippen molar-refractivity contribution in [1.82, 2.24) is 0 Å². The molecule has 0 radical (unpaired) electrons. The number of carbonyl (C=O) groups excluding carboxylic acids is 2. The smallest absolute Gasteiger partial charge is 0.341 e. The van der Waals surface area contributed by atoms with Gasteiger partial charge in [0.25, 0.3) is 5.69 Å². The van der Waals surface area contributed by atoms with Crippen LogP contribution in [0.2, 0.25) is 0 Å². The van der Waals surface area contributed by atoms with Crippen LogP contribution in [0, 0.1) is 15.9 Å². The Morgan fingerprint density at radius 1 is 1.27 bits per heavy atom. The molecule has 0 saturated carbocycles. The number of benzene rings is 1. The summed E-state index contributed by atoms with van der Waals surface area (Å²) in [7, 11) is 0. The summed E-state index contributed by atoms with van der Waals surface area (Å²) in [6, 6.07) is 1.65. The largest absolute Gasteiger partial charge is 0.465 e. The number of halogens is 1. The molecule has 9 heteroatoms. The first kappa shape index (κ1) is 17.9. The van der Waals surface area contributed by atoms with Gasteiger partial charge in [-0.1, -0.05) is 0 Å². The van der Waals surface area contributed by atoms with Gasteiger partial charge in [0.15, 0.2) is 0 Å². The molecular weight excluding hydrogens is 317 g/mol. The van der Waals surface area contributed by atoms with Crippen molar-refractivity contribution in [3.8, 4) is 0 Å². The molecule has 0 saturated heterocycles. The van der Waals surface area contributed by atoms with E-state index < -0.39 is 33.9 Å². The van der Waals surface area contributed by atoms with Crippen LogP contribution in [0.25, 0.3) is 0 Å². The van der Waals surface area contributed by atoms with Crippen LogP contribution in [0.1, 0.15) is 24.2 Å². The average Bonchev–Trinajstić information content (AvgIpc) is 2.45. The number of nitrogens with zero attached hydrogens (tertiary/aromatic N) is 1. The fourth-order valence-corrected chi connectivity index (χ4v) is 2.33. The Morgan fingerprint density at radius 3 is 2.45 bits per heavy atom. The molecular formula is C13H14FNO6S. The zero-order chi connectivity index (χ0) is 16.7. The number of nitro groups is 1. The maximum atomic E-state index is 13.9. The van der Waals surface area contributed by atoms with E-state index in [2.05, 4.69) is 4.74 Å². The molecule has 120 valence electrons. The molecule has 1 aromatic carbocycles. The molecule has 0 amide bonds. The van der Waals surface area contributed by atoms with Crippen molar-refractivity contribution in [1.29, 1.82) is 0 Å². The summed E-state index contributed by atoms with van der Waals surface area (Å²) in [5.41, 5.74) is -0.993. The van der Waals surface area contributed by atoms with Crippen LogP contribution in [-0.2, 0) is 14.3 Å². The Balaban J connectivity index is 3.07. The lowest BCUT2D eigenvalue weighted by molar-refractivity contribution is -0.387. The van der Waals surface area contributed by atoms with Crippen molar-refractivity contribution in [2.24, 2.45) is 0 Å². The van der Waals surface area contributed by atoms with E-state index in [-0.39, 0.29) is 23.9 Å². The van der Waals surface area contributed by atoms with Gasteiger partial charge in [-0.15, -0.1) is 11.8 Å². The molecule has 0 aromatic heterocycles. The van der Waals surface area contributed by atoms with Gasteiger partial charge in [-0.05, 0) is 19.9 Å². The van der Waals surface area contributed by atoms with E-state index >= 15 is 0 Å². The Bertz CT molecular complexity index is 592. The highest BCUT2D eigenvalue weighted by molar-refractivity contribution is 8.00. The summed E-state index contributed by atoms with van der Waals surface area (Å²) in [5, 5.41) is 11.0. The van der Waals surface area contributed by atoms with E-state index in [1.807, 2.05) is 0 Å². The summed E-state index contributed by atoms with van der Waals surface area (Å²) < 4.78 is 23.2. The second-order valence-corrected chi connectivity index (χ2v) is 4.89. The predicted octanol–water partition coefficient (Wildman–Crippen LogP) is 2.57. The minimum absolute atomic E-state index is 0.0193. The van der Waals surface area contributed by atoms with E-state index in [9.17, 15) is 24.1 Å². The molecule has 0 bridgehead atoms. The zero-order valence-electron chi connectivity index (χ0n) is 12.0. The Kier molecular flexibility index (Phi) is 6.77. The molecule has 1 aromatic rings. The van der Waals surface area contributed by atoms with Crippen LogP contribution < -0.4 is 0 Å². The van der Waals surface area contributed by atoms with Crippen LogP contribution in [0.4, 0.5) is 10.1 Å². The van der Waals surface area contributed by atoms with Gasteiger partial charge in [-0.3, -0.25) is 14.9 Å². The van der Waals surface area contributed by atoms with Crippen LogP contribution in [0.15, 0.2) is 17.0 Å². The lowest BCUT2D eigenvalue weighted by atomic mass is 10.2. The number of hydrogen-bond acceptors (Lipinski definition) is 7. The molecule has 1 rings (SSSR count). The number of rotatable bonds is 7. The third-order valence-corrected chi connectivity index (χ3v) is 3.41. The van der Waals surface area contributed by atoms with E-state index in [0.29, 0.717) is 0 Å². The lowest BCUT2D eigenvalue weighted by Crippen LogP contribution is -2.09. The highest BCUT2D eigenvalue weighted by atomic mass is 32.2. The van der Waals surface area contributed by atoms with Gasteiger partial charge in [-0.2, -0.15) is 0 Å². The molecule has 0 unspecified atom stereocenters. The number of ether oxygens (including phenoxy) is 2. The lowest BCUT2D eigenvalue weighted by Gasteiger charge is -2.07.